The Balaban J connectivity index is 2.83. The number of hydrogen-bond acceptors (Lipinski definition) is 0. The fourth-order valence-corrected chi connectivity index (χ4v) is 1.02. The van der Waals surface area contributed by atoms with Crippen molar-refractivity contribution in [1.82, 2.24) is 0 Å². The molecule has 0 aliphatic heterocycles. The number of hydrogen-bond donors (Lipinski definition) is 0. The van der Waals surface area contributed by atoms with Gasteiger partial charge in [0.25, 0.3) is 0 Å². The number of halogens is 2. The van der Waals surface area contributed by atoms with Crippen molar-refractivity contribution in [3.63, 3.8) is 0 Å². The molecule has 7 heavy (non-hydrogen) atoms. The largest absolute Gasteiger partial charge is 0.127 e. The highest BCUT2D eigenvalue weighted by Crippen LogP contribution is 2.08. The van der Waals surface area contributed by atoms with Crippen LogP contribution in [0.15, 0.2) is 0 Å². The molecule has 0 spiro atoms. The van der Waals surface area contributed by atoms with E-state index >= 15 is 0 Å². The minimum Gasteiger partial charge on any atom is -0.127 e. The van der Waals surface area contributed by atoms with E-state index in [9.17, 15) is 0 Å². The highest BCUT2D eigenvalue weighted by molar-refractivity contribution is 9.09. The lowest BCUT2D eigenvalue weighted by atomic mass is 10.3. The van der Waals surface area contributed by atoms with Crippen LogP contribution in [0.3, 0.4) is 0 Å². The first-order valence-corrected chi connectivity index (χ1v) is 3.75. The van der Waals surface area contributed by atoms with Crippen LogP contribution >= 0.6 is 27.5 Å². The van der Waals surface area contributed by atoms with Gasteiger partial charge in [-0.15, -0.1) is 11.6 Å². The van der Waals surface area contributed by atoms with Crippen LogP contribution in [-0.4, -0.2) is 10.7 Å². The maximum Gasteiger partial charge on any atom is 0.0234 e. The number of alkyl halides is 2. The van der Waals surface area contributed by atoms with E-state index in [2.05, 4.69) is 22.9 Å². The van der Waals surface area contributed by atoms with Gasteiger partial charge in [0.15, 0.2) is 0 Å². The van der Waals surface area contributed by atoms with E-state index in [0.29, 0.717) is 4.83 Å². The van der Waals surface area contributed by atoms with E-state index in [0.717, 1.165) is 18.7 Å². The molecule has 0 aliphatic carbocycles. The molecule has 1 unspecified atom stereocenters. The second-order valence-corrected chi connectivity index (χ2v) is 3.04. The summed E-state index contributed by atoms with van der Waals surface area (Å²) in [6, 6.07) is 0. The normalized spacial score (nSPS) is 14.1. The van der Waals surface area contributed by atoms with E-state index in [-0.39, 0.29) is 0 Å². The lowest BCUT2D eigenvalue weighted by Gasteiger charge is -1.99. The fourth-order valence-electron chi connectivity index (χ4n) is 0.263. The van der Waals surface area contributed by atoms with Crippen LogP contribution in [0.2, 0.25) is 0 Å². The lowest BCUT2D eigenvalue weighted by molar-refractivity contribution is 0.854. The molecule has 0 amide bonds. The van der Waals surface area contributed by atoms with Crippen LogP contribution in [0.5, 0.6) is 0 Å². The van der Waals surface area contributed by atoms with Crippen molar-refractivity contribution in [1.29, 1.82) is 0 Å². The Morgan fingerprint density at radius 1 is 1.71 bits per heavy atom. The van der Waals surface area contributed by atoms with Crippen molar-refractivity contribution in [3.8, 4) is 0 Å². The predicted molar refractivity (Wildman–Crippen MR) is 38.0 cm³/mol. The smallest absolute Gasteiger partial charge is 0.0234 e. The SMILES string of the molecule is [CH2]CC(Br)CCCl. The molecule has 0 N–H and O–H groups in total. The first kappa shape index (κ1) is 7.77. The maximum absolute atomic E-state index is 5.42. The molecule has 1 radical (unpaired) electrons. The summed E-state index contributed by atoms with van der Waals surface area (Å²) in [5, 5.41) is 0. The van der Waals surface area contributed by atoms with E-state index in [4.69, 9.17) is 11.6 Å². The average Bonchev–Trinajstić information content (AvgIpc) is 1.68. The molecule has 0 nitrogen and oxygen atoms in total. The molecule has 0 saturated carbocycles. The minimum atomic E-state index is 0.519. The molecule has 2 heteroatoms. The Morgan fingerprint density at radius 3 is 2.43 bits per heavy atom. The zero-order valence-corrected chi connectivity index (χ0v) is 6.50. The van der Waals surface area contributed by atoms with E-state index in [1.54, 1.807) is 0 Å². The van der Waals surface area contributed by atoms with Gasteiger partial charge in [0.05, 0.1) is 0 Å². The van der Waals surface area contributed by atoms with Crippen LogP contribution in [0.4, 0.5) is 0 Å². The lowest BCUT2D eigenvalue weighted by Crippen LogP contribution is -1.94. The fraction of sp³-hybridized carbons (Fsp3) is 0.800. The Hall–Kier alpha value is 0.770. The molecule has 0 aromatic heterocycles. The Kier molecular flexibility index (Phi) is 5.46. The quantitative estimate of drug-likeness (QED) is 0.592. The molecule has 0 rings (SSSR count). The second-order valence-electron chi connectivity index (χ2n) is 1.36. The summed E-state index contributed by atoms with van der Waals surface area (Å²) in [5.74, 6) is 0.728. The zero-order valence-electron chi connectivity index (χ0n) is 4.16. The van der Waals surface area contributed by atoms with Crippen molar-refractivity contribution in [3.05, 3.63) is 6.92 Å². The van der Waals surface area contributed by atoms with Gasteiger partial charge in [-0.25, -0.2) is 0 Å². The average molecular weight is 184 g/mol. The first-order valence-electron chi connectivity index (χ1n) is 2.30. The van der Waals surface area contributed by atoms with E-state index < -0.39 is 0 Å². The monoisotopic (exact) mass is 183 g/mol. The Morgan fingerprint density at radius 2 is 2.29 bits per heavy atom. The van der Waals surface area contributed by atoms with Gasteiger partial charge in [-0.1, -0.05) is 22.9 Å². The minimum absolute atomic E-state index is 0.519. The van der Waals surface area contributed by atoms with Crippen molar-refractivity contribution in [2.24, 2.45) is 0 Å². The molecule has 0 saturated heterocycles. The zero-order chi connectivity index (χ0) is 5.70. The highest BCUT2D eigenvalue weighted by atomic mass is 79.9. The molecular weight excluding hydrogens is 175 g/mol. The van der Waals surface area contributed by atoms with Crippen molar-refractivity contribution >= 4 is 27.5 Å². The molecule has 0 fully saturated rings. The highest BCUT2D eigenvalue weighted by Gasteiger charge is 1.95. The second kappa shape index (κ2) is 4.92. The molecule has 0 aromatic rings. The van der Waals surface area contributed by atoms with Crippen LogP contribution in [-0.2, 0) is 0 Å². The molecule has 43 valence electrons. The van der Waals surface area contributed by atoms with Gasteiger partial charge < -0.3 is 0 Å². The van der Waals surface area contributed by atoms with E-state index in [1.807, 2.05) is 0 Å². The standard InChI is InChI=1S/C5H9BrCl/c1-2-5(6)3-4-7/h5H,1-4H2. The molecule has 0 aromatic carbocycles. The maximum atomic E-state index is 5.42. The summed E-state index contributed by atoms with van der Waals surface area (Å²) < 4.78 is 0. The Bertz CT molecular complexity index is 39.1. The third-order valence-corrected chi connectivity index (χ3v) is 1.87. The van der Waals surface area contributed by atoms with Gasteiger partial charge in [0.2, 0.25) is 0 Å². The summed E-state index contributed by atoms with van der Waals surface area (Å²) in [4.78, 5) is 0.519. The third kappa shape index (κ3) is 4.63. The molecule has 0 heterocycles. The van der Waals surface area contributed by atoms with Gasteiger partial charge >= 0.3 is 0 Å². The van der Waals surface area contributed by atoms with Crippen LogP contribution in [0, 0.1) is 6.92 Å². The van der Waals surface area contributed by atoms with Gasteiger partial charge in [0.1, 0.15) is 0 Å². The van der Waals surface area contributed by atoms with E-state index in [1.165, 1.54) is 0 Å². The van der Waals surface area contributed by atoms with Gasteiger partial charge in [0, 0.05) is 10.7 Å². The molecule has 0 aliphatic rings. The Labute approximate surface area is 58.4 Å². The summed E-state index contributed by atoms with van der Waals surface area (Å²) in [6.07, 6.45) is 1.94. The number of rotatable bonds is 3. The molecule has 0 bridgehead atoms. The van der Waals surface area contributed by atoms with Gasteiger partial charge in [-0.05, 0) is 12.8 Å². The van der Waals surface area contributed by atoms with Gasteiger partial charge in [-0.3, -0.25) is 0 Å². The molecular formula is C5H9BrCl. The van der Waals surface area contributed by atoms with Crippen LogP contribution in [0.25, 0.3) is 0 Å². The van der Waals surface area contributed by atoms with Gasteiger partial charge in [-0.2, -0.15) is 0 Å². The summed E-state index contributed by atoms with van der Waals surface area (Å²) in [6.45, 7) is 3.70. The first-order chi connectivity index (χ1) is 3.31. The van der Waals surface area contributed by atoms with Crippen molar-refractivity contribution in [2.75, 3.05) is 5.88 Å². The molecule has 1 atom stereocenters. The summed E-state index contributed by atoms with van der Waals surface area (Å²) in [5.41, 5.74) is 0. The van der Waals surface area contributed by atoms with Crippen molar-refractivity contribution < 1.29 is 0 Å². The van der Waals surface area contributed by atoms with Crippen LogP contribution in [0.1, 0.15) is 12.8 Å². The summed E-state index contributed by atoms with van der Waals surface area (Å²) in [7, 11) is 0. The van der Waals surface area contributed by atoms with Crippen LogP contribution < -0.4 is 0 Å². The third-order valence-electron chi connectivity index (χ3n) is 0.736. The topological polar surface area (TPSA) is 0 Å². The predicted octanol–water partition coefficient (Wildman–Crippen LogP) is 2.60. The summed E-state index contributed by atoms with van der Waals surface area (Å²) >= 11 is 8.81. The van der Waals surface area contributed by atoms with Crippen molar-refractivity contribution in [2.45, 2.75) is 17.7 Å².